The molecule has 0 fully saturated rings. The van der Waals surface area contributed by atoms with Crippen molar-refractivity contribution in [3.63, 3.8) is 0 Å². The van der Waals surface area contributed by atoms with E-state index in [9.17, 15) is 18.0 Å². The molecule has 0 heterocycles. The summed E-state index contributed by atoms with van der Waals surface area (Å²) in [6.07, 6.45) is 2.63. The topological polar surface area (TPSA) is 77.5 Å². The number of methoxy groups -OCH3 is 1. The van der Waals surface area contributed by atoms with Crippen LogP contribution in [0, 0.1) is 6.92 Å². The van der Waals surface area contributed by atoms with Gasteiger partial charge in [-0.25, -0.2) is 13.2 Å². The van der Waals surface area contributed by atoms with E-state index in [1.165, 1.54) is 19.1 Å². The summed E-state index contributed by atoms with van der Waals surface area (Å²) in [5, 5.41) is 0. The van der Waals surface area contributed by atoms with Crippen molar-refractivity contribution in [3.05, 3.63) is 28.8 Å². The summed E-state index contributed by atoms with van der Waals surface area (Å²) in [7, 11) is -2.42. The highest BCUT2D eigenvalue weighted by atomic mass is 32.2. The minimum Gasteiger partial charge on any atom is -0.465 e. The fourth-order valence-corrected chi connectivity index (χ4v) is 2.38. The summed E-state index contributed by atoms with van der Waals surface area (Å²) in [6, 6.07) is 2.51. The number of benzene rings is 1. The van der Waals surface area contributed by atoms with Crippen LogP contribution in [-0.2, 0) is 19.4 Å². The van der Waals surface area contributed by atoms with Crippen LogP contribution in [0.2, 0.25) is 0 Å². The molecule has 0 amide bonds. The summed E-state index contributed by atoms with van der Waals surface area (Å²) >= 11 is 0. The Hall–Kier alpha value is -1.69. The zero-order chi connectivity index (χ0) is 13.2. The van der Waals surface area contributed by atoms with Gasteiger partial charge >= 0.3 is 5.97 Å². The molecule has 1 aromatic rings. The Kier molecular flexibility index (Phi) is 3.67. The Labute approximate surface area is 99.3 Å². The third kappa shape index (κ3) is 2.52. The quantitative estimate of drug-likeness (QED) is 0.741. The molecule has 6 heteroatoms. The lowest BCUT2D eigenvalue weighted by Gasteiger charge is -2.10. The first kappa shape index (κ1) is 13.4. The van der Waals surface area contributed by atoms with E-state index in [-0.39, 0.29) is 21.6 Å². The molecular weight excluding hydrogens is 244 g/mol. The molecule has 0 saturated carbocycles. The fourth-order valence-electron chi connectivity index (χ4n) is 1.46. The highest BCUT2D eigenvalue weighted by Crippen LogP contribution is 2.22. The van der Waals surface area contributed by atoms with Crippen LogP contribution in [0.15, 0.2) is 17.0 Å². The molecule has 0 spiro atoms. The molecule has 91 valence electrons. The van der Waals surface area contributed by atoms with Crippen LogP contribution >= 0.6 is 0 Å². The monoisotopic (exact) mass is 255 g/mol. The molecular formula is C11H11O5S. The predicted octanol–water partition coefficient (Wildman–Crippen LogP) is 0.643. The Bertz CT molecular complexity index is 572. The predicted molar refractivity (Wildman–Crippen MR) is 60.4 cm³/mol. The SMILES string of the molecule is COC(=O)c1c(S(C)(=O)=O)ccc([C]=O)c1C. The molecule has 0 unspecified atom stereocenters. The smallest absolute Gasteiger partial charge is 0.339 e. The van der Waals surface area contributed by atoms with E-state index >= 15 is 0 Å². The maximum Gasteiger partial charge on any atom is 0.339 e. The summed E-state index contributed by atoms with van der Waals surface area (Å²) < 4.78 is 27.6. The molecule has 1 radical (unpaired) electrons. The number of hydrogen-bond acceptors (Lipinski definition) is 5. The van der Waals surface area contributed by atoms with Gasteiger partial charge in [0, 0.05) is 11.8 Å². The summed E-state index contributed by atoms with van der Waals surface area (Å²) in [5.41, 5.74) is 0.267. The molecule has 0 aromatic heterocycles. The van der Waals surface area contributed by atoms with Crippen molar-refractivity contribution in [3.8, 4) is 0 Å². The minimum absolute atomic E-state index is 0.115. The van der Waals surface area contributed by atoms with Crippen molar-refractivity contribution in [2.45, 2.75) is 11.8 Å². The Morgan fingerprint density at radius 1 is 1.35 bits per heavy atom. The second-order valence-electron chi connectivity index (χ2n) is 3.48. The van der Waals surface area contributed by atoms with Gasteiger partial charge in [-0.15, -0.1) is 0 Å². The van der Waals surface area contributed by atoms with E-state index in [0.29, 0.717) is 0 Å². The summed E-state index contributed by atoms with van der Waals surface area (Å²) in [5.74, 6) is -0.792. The highest BCUT2D eigenvalue weighted by Gasteiger charge is 2.23. The van der Waals surface area contributed by atoms with Crippen molar-refractivity contribution in [1.82, 2.24) is 0 Å². The van der Waals surface area contributed by atoms with Crippen LogP contribution < -0.4 is 0 Å². The van der Waals surface area contributed by atoms with E-state index in [2.05, 4.69) is 4.74 Å². The molecule has 0 atom stereocenters. The zero-order valence-electron chi connectivity index (χ0n) is 9.60. The van der Waals surface area contributed by atoms with Gasteiger partial charge in [-0.2, -0.15) is 0 Å². The first-order chi connectivity index (χ1) is 7.82. The van der Waals surface area contributed by atoms with Crippen LogP contribution in [0.1, 0.15) is 21.5 Å². The van der Waals surface area contributed by atoms with E-state index in [0.717, 1.165) is 13.4 Å². The molecule has 0 aliphatic carbocycles. The van der Waals surface area contributed by atoms with Gasteiger partial charge in [0.1, 0.15) is 0 Å². The number of hydrogen-bond donors (Lipinski definition) is 0. The summed E-state index contributed by atoms with van der Waals surface area (Å²) in [6.45, 7) is 1.47. The zero-order valence-corrected chi connectivity index (χ0v) is 10.4. The van der Waals surface area contributed by atoms with Crippen molar-refractivity contribution in [2.75, 3.05) is 13.4 Å². The van der Waals surface area contributed by atoms with Gasteiger partial charge in [0.15, 0.2) is 9.84 Å². The Morgan fingerprint density at radius 2 is 1.94 bits per heavy atom. The third-order valence-electron chi connectivity index (χ3n) is 2.33. The maximum absolute atomic E-state index is 11.6. The third-order valence-corrected chi connectivity index (χ3v) is 3.46. The van der Waals surface area contributed by atoms with Crippen LogP contribution in [0.25, 0.3) is 0 Å². The van der Waals surface area contributed by atoms with Gasteiger partial charge in [-0.1, -0.05) is 0 Å². The second-order valence-corrected chi connectivity index (χ2v) is 5.46. The Morgan fingerprint density at radius 3 is 2.35 bits per heavy atom. The second kappa shape index (κ2) is 4.67. The molecule has 17 heavy (non-hydrogen) atoms. The molecule has 0 bridgehead atoms. The van der Waals surface area contributed by atoms with Gasteiger partial charge in [-0.05, 0) is 24.6 Å². The van der Waals surface area contributed by atoms with Crippen molar-refractivity contribution in [2.24, 2.45) is 0 Å². The number of carbonyl (C=O) groups excluding carboxylic acids is 2. The van der Waals surface area contributed by atoms with Gasteiger partial charge in [0.25, 0.3) is 0 Å². The molecule has 0 N–H and O–H groups in total. The van der Waals surface area contributed by atoms with Gasteiger partial charge in [0.2, 0.25) is 6.29 Å². The van der Waals surface area contributed by atoms with Gasteiger partial charge in [0.05, 0.1) is 17.6 Å². The normalized spacial score (nSPS) is 11.0. The largest absolute Gasteiger partial charge is 0.465 e. The number of sulfone groups is 1. The molecule has 0 aliphatic heterocycles. The van der Waals surface area contributed by atoms with Crippen LogP contribution in [0.5, 0.6) is 0 Å². The average molecular weight is 255 g/mol. The van der Waals surface area contributed by atoms with E-state index in [1.807, 2.05) is 0 Å². The number of carbonyl (C=O) groups is 1. The van der Waals surface area contributed by atoms with Crippen molar-refractivity contribution in [1.29, 1.82) is 0 Å². The number of ether oxygens (including phenoxy) is 1. The molecule has 1 rings (SSSR count). The lowest BCUT2D eigenvalue weighted by atomic mass is 10.0. The molecule has 1 aromatic carbocycles. The average Bonchev–Trinajstić information content (AvgIpc) is 2.26. The van der Waals surface area contributed by atoms with E-state index in [1.54, 1.807) is 6.29 Å². The lowest BCUT2D eigenvalue weighted by Crippen LogP contribution is -2.13. The molecule has 0 saturated heterocycles. The lowest BCUT2D eigenvalue weighted by molar-refractivity contribution is 0.0595. The van der Waals surface area contributed by atoms with E-state index < -0.39 is 15.8 Å². The van der Waals surface area contributed by atoms with Crippen molar-refractivity contribution >= 4 is 22.1 Å². The highest BCUT2D eigenvalue weighted by molar-refractivity contribution is 7.90. The first-order valence-electron chi connectivity index (χ1n) is 4.63. The molecule has 0 aliphatic rings. The van der Waals surface area contributed by atoms with E-state index in [4.69, 9.17) is 0 Å². The summed E-state index contributed by atoms with van der Waals surface area (Å²) in [4.78, 5) is 22.0. The number of rotatable bonds is 3. The van der Waals surface area contributed by atoms with Gasteiger partial charge in [-0.3, -0.25) is 4.79 Å². The van der Waals surface area contributed by atoms with Crippen LogP contribution in [-0.4, -0.2) is 34.0 Å². The first-order valence-corrected chi connectivity index (χ1v) is 6.52. The maximum atomic E-state index is 11.6. The van der Waals surface area contributed by atoms with Crippen LogP contribution in [0.3, 0.4) is 0 Å². The van der Waals surface area contributed by atoms with Gasteiger partial charge < -0.3 is 4.74 Å². The standard InChI is InChI=1S/C11H11O5S/c1-7-8(6-12)4-5-9(17(3,14)15)10(7)11(13)16-2/h4-5H,1-3H3. The van der Waals surface area contributed by atoms with Crippen LogP contribution in [0.4, 0.5) is 0 Å². The van der Waals surface area contributed by atoms with Crippen molar-refractivity contribution < 1.29 is 22.7 Å². The Balaban J connectivity index is 3.70. The number of esters is 1. The fraction of sp³-hybridized carbons (Fsp3) is 0.273. The minimum atomic E-state index is -3.57. The molecule has 5 nitrogen and oxygen atoms in total.